The number of para-hydroxylation sites is 1. The second-order valence-corrected chi connectivity index (χ2v) is 7.55. The molecule has 23 heavy (non-hydrogen) atoms. The first kappa shape index (κ1) is 14.0. The molecule has 4 heterocycles. The first-order chi connectivity index (χ1) is 11.2. The second kappa shape index (κ2) is 4.82. The predicted octanol–water partition coefficient (Wildman–Crippen LogP) is 2.45. The molecule has 2 N–H and O–H groups in total. The Balaban J connectivity index is 1.61. The van der Waals surface area contributed by atoms with Gasteiger partial charge in [-0.1, -0.05) is 25.1 Å². The van der Waals surface area contributed by atoms with Gasteiger partial charge in [0, 0.05) is 41.5 Å². The molecule has 2 bridgehead atoms. The molecule has 1 aromatic carbocycles. The molecule has 4 nitrogen and oxygen atoms in total. The molecule has 0 aliphatic carbocycles. The topological polar surface area (TPSA) is 51.8 Å². The summed E-state index contributed by atoms with van der Waals surface area (Å²) in [5, 5.41) is 12.1. The maximum atomic E-state index is 10.9. The van der Waals surface area contributed by atoms with Crippen molar-refractivity contribution in [3.63, 3.8) is 0 Å². The number of H-pyrrole nitrogens is 1. The molecular weight excluding hydrogens is 288 g/mol. The van der Waals surface area contributed by atoms with Crippen LogP contribution in [0.3, 0.4) is 0 Å². The van der Waals surface area contributed by atoms with E-state index in [0.717, 1.165) is 32.4 Å². The van der Waals surface area contributed by atoms with Crippen molar-refractivity contribution in [3.8, 4) is 0 Å². The normalized spacial score (nSPS) is 39.0. The van der Waals surface area contributed by atoms with Crippen molar-refractivity contribution in [2.75, 3.05) is 13.1 Å². The fraction of sp³-hybridized carbons (Fsp3) is 0.579. The van der Waals surface area contributed by atoms with E-state index >= 15 is 0 Å². The lowest BCUT2D eigenvalue weighted by Crippen LogP contribution is -2.52. The number of hydrogen-bond acceptors (Lipinski definition) is 3. The first-order valence-corrected chi connectivity index (χ1v) is 8.86. The molecule has 0 radical (unpaired) electrons. The van der Waals surface area contributed by atoms with Crippen molar-refractivity contribution < 1.29 is 9.84 Å². The van der Waals surface area contributed by atoms with Gasteiger partial charge in [-0.3, -0.25) is 4.90 Å². The lowest BCUT2D eigenvalue weighted by atomic mass is 9.73. The Bertz CT molecular complexity index is 755. The van der Waals surface area contributed by atoms with Gasteiger partial charge in [-0.05, 0) is 30.9 Å². The van der Waals surface area contributed by atoms with E-state index in [-0.39, 0.29) is 5.41 Å². The number of ether oxygens (including phenoxy) is 1. The summed E-state index contributed by atoms with van der Waals surface area (Å²) in [7, 11) is 0. The van der Waals surface area contributed by atoms with Crippen molar-refractivity contribution in [1.82, 2.24) is 9.88 Å². The van der Waals surface area contributed by atoms with Crippen LogP contribution in [0.5, 0.6) is 0 Å². The van der Waals surface area contributed by atoms with E-state index in [2.05, 4.69) is 41.1 Å². The largest absolute Gasteiger partial charge is 0.378 e. The van der Waals surface area contributed by atoms with Crippen LogP contribution in [0.2, 0.25) is 0 Å². The van der Waals surface area contributed by atoms with E-state index in [1.165, 1.54) is 22.2 Å². The molecule has 2 aromatic rings. The van der Waals surface area contributed by atoms with Crippen LogP contribution in [0.15, 0.2) is 24.3 Å². The number of nitrogens with zero attached hydrogens (tertiary/aromatic N) is 1. The van der Waals surface area contributed by atoms with Gasteiger partial charge in [0.2, 0.25) is 0 Å². The third-order valence-corrected chi connectivity index (χ3v) is 6.41. The average Bonchev–Trinajstić information content (AvgIpc) is 3.28. The van der Waals surface area contributed by atoms with Crippen LogP contribution in [0, 0.1) is 5.41 Å². The molecule has 1 aromatic heterocycles. The first-order valence-electron chi connectivity index (χ1n) is 8.86. The molecule has 3 aliphatic heterocycles. The fourth-order valence-electron chi connectivity index (χ4n) is 4.94. The molecule has 0 amide bonds. The minimum absolute atomic E-state index is 0.197. The van der Waals surface area contributed by atoms with Gasteiger partial charge in [0.1, 0.15) is 6.23 Å². The van der Waals surface area contributed by atoms with Crippen LogP contribution < -0.4 is 0 Å². The molecule has 2 fully saturated rings. The van der Waals surface area contributed by atoms with E-state index in [1.807, 2.05) is 0 Å². The summed E-state index contributed by atoms with van der Waals surface area (Å²) in [4.78, 5) is 5.87. The van der Waals surface area contributed by atoms with Gasteiger partial charge in [-0.15, -0.1) is 0 Å². The molecule has 0 spiro atoms. The van der Waals surface area contributed by atoms with E-state index in [9.17, 15) is 5.11 Å². The van der Waals surface area contributed by atoms with Gasteiger partial charge in [-0.25, -0.2) is 0 Å². The maximum Gasteiger partial charge on any atom is 0.111 e. The number of piperidine rings is 1. The summed E-state index contributed by atoms with van der Waals surface area (Å²) in [5.74, 6) is 0. The molecule has 0 saturated carbocycles. The SMILES string of the molecule is CC[C@@]12CCc3[nH]c4ccccc4c3C[C@@H](O)N(C[C@H]3O[C@H]31)C2. The van der Waals surface area contributed by atoms with E-state index < -0.39 is 6.23 Å². The molecule has 1 unspecified atom stereocenters. The van der Waals surface area contributed by atoms with E-state index in [0.29, 0.717) is 18.6 Å². The zero-order valence-electron chi connectivity index (χ0n) is 13.6. The van der Waals surface area contributed by atoms with Crippen molar-refractivity contribution in [2.45, 2.75) is 51.0 Å². The van der Waals surface area contributed by atoms with Crippen molar-refractivity contribution in [1.29, 1.82) is 0 Å². The van der Waals surface area contributed by atoms with Crippen LogP contribution in [-0.2, 0) is 17.6 Å². The van der Waals surface area contributed by atoms with Crippen molar-refractivity contribution in [2.24, 2.45) is 5.41 Å². The van der Waals surface area contributed by atoms with Crippen LogP contribution in [0.1, 0.15) is 31.0 Å². The van der Waals surface area contributed by atoms with E-state index in [1.54, 1.807) is 0 Å². The Kier molecular flexibility index (Phi) is 2.94. The molecule has 2 saturated heterocycles. The number of rotatable bonds is 1. The Hall–Kier alpha value is -1.36. The number of aliphatic hydroxyl groups excluding tert-OH is 1. The maximum absolute atomic E-state index is 10.9. The third-order valence-electron chi connectivity index (χ3n) is 6.41. The number of aromatic nitrogens is 1. The van der Waals surface area contributed by atoms with Crippen LogP contribution in [0.4, 0.5) is 0 Å². The lowest BCUT2D eigenvalue weighted by molar-refractivity contribution is -0.0370. The lowest BCUT2D eigenvalue weighted by Gasteiger charge is -2.41. The van der Waals surface area contributed by atoms with Gasteiger partial charge >= 0.3 is 0 Å². The van der Waals surface area contributed by atoms with Crippen LogP contribution >= 0.6 is 0 Å². The molecule has 3 aliphatic rings. The highest BCUT2D eigenvalue weighted by molar-refractivity contribution is 5.84. The highest BCUT2D eigenvalue weighted by Gasteiger charge is 2.58. The number of fused-ring (bicyclic) bond motifs is 7. The van der Waals surface area contributed by atoms with Crippen molar-refractivity contribution in [3.05, 3.63) is 35.5 Å². The predicted molar refractivity (Wildman–Crippen MR) is 89.3 cm³/mol. The number of aliphatic hydroxyl groups is 1. The summed E-state index contributed by atoms with van der Waals surface area (Å²) >= 11 is 0. The number of benzene rings is 1. The highest BCUT2D eigenvalue weighted by Crippen LogP contribution is 2.50. The number of aromatic amines is 1. The van der Waals surface area contributed by atoms with Gasteiger partial charge < -0.3 is 14.8 Å². The summed E-state index contributed by atoms with van der Waals surface area (Å²) in [6.07, 6.45) is 4.33. The standard InChI is InChI=1S/C19H24N2O2/c1-2-19-8-7-15-13(12-5-3-4-6-14(12)20-15)9-17(22)21(11-19)10-16-18(19)23-16/h3-6,16-18,20,22H,2,7-11H2,1H3/t16-,17-,18-,19+/m1/s1. The molecule has 122 valence electrons. The highest BCUT2D eigenvalue weighted by atomic mass is 16.6. The number of hydrogen-bond donors (Lipinski definition) is 2. The molecule has 5 rings (SSSR count). The summed E-state index contributed by atoms with van der Waals surface area (Å²) < 4.78 is 5.97. The van der Waals surface area contributed by atoms with Gasteiger partial charge in [-0.2, -0.15) is 0 Å². The Morgan fingerprint density at radius 2 is 2.26 bits per heavy atom. The van der Waals surface area contributed by atoms with E-state index in [4.69, 9.17) is 4.74 Å². The summed E-state index contributed by atoms with van der Waals surface area (Å²) in [5.41, 5.74) is 4.00. The number of nitrogens with one attached hydrogen (secondary N) is 1. The quantitative estimate of drug-likeness (QED) is 0.795. The molecule has 4 heteroatoms. The second-order valence-electron chi connectivity index (χ2n) is 7.55. The Labute approximate surface area is 136 Å². The molecular formula is C19H24N2O2. The van der Waals surface area contributed by atoms with Crippen LogP contribution in [-0.4, -0.2) is 46.5 Å². The van der Waals surface area contributed by atoms with Crippen molar-refractivity contribution >= 4 is 10.9 Å². The van der Waals surface area contributed by atoms with Crippen LogP contribution in [0.25, 0.3) is 10.9 Å². The van der Waals surface area contributed by atoms with Gasteiger partial charge in [0.25, 0.3) is 0 Å². The zero-order valence-corrected chi connectivity index (χ0v) is 13.6. The Morgan fingerprint density at radius 3 is 3.13 bits per heavy atom. The van der Waals surface area contributed by atoms with Gasteiger partial charge in [0.15, 0.2) is 0 Å². The number of epoxide rings is 1. The summed E-state index contributed by atoms with van der Waals surface area (Å²) in [6, 6.07) is 8.47. The van der Waals surface area contributed by atoms with Gasteiger partial charge in [0.05, 0.1) is 12.2 Å². The Morgan fingerprint density at radius 1 is 1.39 bits per heavy atom. The monoisotopic (exact) mass is 312 g/mol. The zero-order chi connectivity index (χ0) is 15.6. The smallest absolute Gasteiger partial charge is 0.111 e. The third kappa shape index (κ3) is 2.02. The molecule has 5 atom stereocenters. The average molecular weight is 312 g/mol. The number of aryl methyl sites for hydroxylation is 1. The minimum Gasteiger partial charge on any atom is -0.378 e. The fourth-order valence-corrected chi connectivity index (χ4v) is 4.94. The summed E-state index contributed by atoms with van der Waals surface area (Å²) in [6.45, 7) is 4.12. The minimum atomic E-state index is -0.415.